The van der Waals surface area contributed by atoms with Crippen LogP contribution in [0.5, 0.6) is 0 Å². The molecule has 0 aromatic carbocycles. The summed E-state index contributed by atoms with van der Waals surface area (Å²) in [5.74, 6) is -1.36. The molecule has 2 aliphatic rings. The van der Waals surface area contributed by atoms with Crippen molar-refractivity contribution >= 4 is 12.1 Å². The number of amides is 1. The molecule has 14 heavy (non-hydrogen) atoms. The minimum absolute atomic E-state index is 0.0157. The summed E-state index contributed by atoms with van der Waals surface area (Å²) in [6, 6.07) is 0.0219. The van der Waals surface area contributed by atoms with E-state index in [0.29, 0.717) is 6.54 Å². The Bertz CT molecular complexity index is 303. The molecular weight excluding hydrogens is 186 g/mol. The van der Waals surface area contributed by atoms with Gasteiger partial charge < -0.3 is 10.2 Å². The van der Waals surface area contributed by atoms with Crippen molar-refractivity contribution < 1.29 is 24.3 Å². The smallest absolute Gasteiger partial charge is 0.481 e. The van der Waals surface area contributed by atoms with Crippen LogP contribution in [-0.4, -0.2) is 45.9 Å². The first-order valence-electron chi connectivity index (χ1n) is 4.82. The van der Waals surface area contributed by atoms with E-state index in [1.54, 1.807) is 0 Å². The van der Waals surface area contributed by atoms with Gasteiger partial charge in [-0.15, -0.1) is 0 Å². The number of hydrogen-bond donors (Lipinski definition) is 2. The highest BCUT2D eigenvalue weighted by atomic mass is 16.4. The Morgan fingerprint density at radius 3 is 2.29 bits per heavy atom. The zero-order chi connectivity index (χ0) is 10.5. The van der Waals surface area contributed by atoms with Gasteiger partial charge in [0.1, 0.15) is 18.5 Å². The van der Waals surface area contributed by atoms with Gasteiger partial charge in [0, 0.05) is 5.92 Å². The lowest BCUT2D eigenvalue weighted by Crippen LogP contribution is -2.65. The summed E-state index contributed by atoms with van der Waals surface area (Å²) in [5, 5.41) is 18.0. The van der Waals surface area contributed by atoms with Gasteiger partial charge in [-0.05, 0) is 0 Å². The maximum Gasteiger partial charge on any atom is 0.513 e. The van der Waals surface area contributed by atoms with E-state index >= 15 is 0 Å². The Labute approximate surface area is 81.5 Å². The number of carbonyl (C=O) groups is 2. The Kier molecular flexibility index (Phi) is 1.82. The number of fused-ring (bicyclic) bond motifs is 1. The van der Waals surface area contributed by atoms with E-state index in [-0.39, 0.29) is 23.0 Å². The minimum Gasteiger partial charge on any atom is -0.481 e. The second kappa shape index (κ2) is 2.70. The first kappa shape index (κ1) is 9.45. The molecule has 2 aliphatic heterocycles. The third-order valence-corrected chi connectivity index (χ3v) is 3.92. The molecule has 0 aromatic heterocycles. The Morgan fingerprint density at radius 2 is 2.00 bits per heavy atom. The van der Waals surface area contributed by atoms with Crippen molar-refractivity contribution in [2.24, 2.45) is 11.8 Å². The maximum atomic E-state index is 11.1. The fraction of sp³-hybridized carbons (Fsp3) is 0.778. The van der Waals surface area contributed by atoms with Crippen molar-refractivity contribution in [2.75, 3.05) is 13.1 Å². The predicted octanol–water partition coefficient (Wildman–Crippen LogP) is 0.604. The summed E-state index contributed by atoms with van der Waals surface area (Å²) in [6.07, 6.45) is -0.0195. The lowest BCUT2D eigenvalue weighted by Gasteiger charge is -2.43. The van der Waals surface area contributed by atoms with Crippen molar-refractivity contribution in [3.05, 3.63) is 0 Å². The number of hydrogen-bond acceptors (Lipinski definition) is 2. The average Bonchev–Trinajstić information content (AvgIpc) is 2.19. The molecule has 0 spiro atoms. The molecule has 0 bridgehead atoms. The van der Waals surface area contributed by atoms with Gasteiger partial charge in [-0.1, -0.05) is 6.92 Å². The van der Waals surface area contributed by atoms with Crippen molar-refractivity contribution in [3.63, 3.8) is 0 Å². The normalized spacial score (nSPS) is 45.4. The van der Waals surface area contributed by atoms with Gasteiger partial charge in [0.15, 0.2) is 0 Å². The number of carboxylic acids is 1. The standard InChI is InChI=1S/C9H13NO4/c1-5-6(8(11)12)4-10(9(13)14)3-2-7(5)10/h5-7H,2-4H2,1H3,(H-,11,12,13,14)/p+1/t5?,6?,7-,10+/m0/s1. The quantitative estimate of drug-likeness (QED) is 0.608. The predicted molar refractivity (Wildman–Crippen MR) is 46.7 cm³/mol. The molecule has 2 saturated heterocycles. The van der Waals surface area contributed by atoms with Gasteiger partial charge in [-0.25, -0.2) is 4.48 Å². The Morgan fingerprint density at radius 1 is 1.36 bits per heavy atom. The summed E-state index contributed by atoms with van der Waals surface area (Å²) >= 11 is 0. The molecule has 4 atom stereocenters. The second-order valence-electron chi connectivity index (χ2n) is 4.38. The third kappa shape index (κ3) is 0.930. The number of carboxylic acid groups (broad SMARTS) is 2. The van der Waals surface area contributed by atoms with Crippen LogP contribution < -0.4 is 0 Å². The van der Waals surface area contributed by atoms with Crippen molar-refractivity contribution in [1.29, 1.82) is 0 Å². The van der Waals surface area contributed by atoms with E-state index in [9.17, 15) is 9.59 Å². The van der Waals surface area contributed by atoms with E-state index in [1.807, 2.05) is 6.92 Å². The number of quaternary nitrogens is 1. The molecule has 0 aromatic rings. The second-order valence-corrected chi connectivity index (χ2v) is 4.38. The van der Waals surface area contributed by atoms with Crippen molar-refractivity contribution in [1.82, 2.24) is 0 Å². The number of rotatable bonds is 1. The zero-order valence-electron chi connectivity index (χ0n) is 8.01. The average molecular weight is 200 g/mol. The van der Waals surface area contributed by atoms with Crippen LogP contribution in [0.15, 0.2) is 0 Å². The molecule has 0 aliphatic carbocycles. The summed E-state index contributed by atoms with van der Waals surface area (Å²) < 4.78 is -0.0157. The number of nitrogens with zero attached hydrogens (tertiary/aromatic N) is 1. The van der Waals surface area contributed by atoms with Crippen LogP contribution in [0.25, 0.3) is 0 Å². The van der Waals surface area contributed by atoms with Gasteiger partial charge in [0.25, 0.3) is 0 Å². The molecule has 1 amide bonds. The largest absolute Gasteiger partial charge is 0.513 e. The minimum atomic E-state index is -0.864. The lowest BCUT2D eigenvalue weighted by atomic mass is 9.88. The van der Waals surface area contributed by atoms with Crippen LogP contribution >= 0.6 is 0 Å². The van der Waals surface area contributed by atoms with Crippen LogP contribution in [0.4, 0.5) is 4.79 Å². The van der Waals surface area contributed by atoms with Crippen LogP contribution in [0, 0.1) is 11.8 Å². The molecule has 5 nitrogen and oxygen atoms in total. The Balaban J connectivity index is 2.26. The van der Waals surface area contributed by atoms with Crippen LogP contribution in [0.3, 0.4) is 0 Å². The summed E-state index contributed by atoms with van der Waals surface area (Å²) in [4.78, 5) is 22.0. The first-order chi connectivity index (χ1) is 6.49. The fourth-order valence-electron chi connectivity index (χ4n) is 2.93. The molecule has 0 radical (unpaired) electrons. The topological polar surface area (TPSA) is 74.6 Å². The summed E-state index contributed by atoms with van der Waals surface area (Å²) in [6.45, 7) is 2.70. The monoisotopic (exact) mass is 200 g/mol. The molecular formula is C9H14NO4+. The maximum absolute atomic E-state index is 11.1. The van der Waals surface area contributed by atoms with Crippen molar-refractivity contribution in [3.8, 4) is 0 Å². The molecule has 5 heteroatoms. The molecule has 2 fully saturated rings. The zero-order valence-corrected chi connectivity index (χ0v) is 8.01. The van der Waals surface area contributed by atoms with E-state index in [2.05, 4.69) is 0 Å². The number of aliphatic carboxylic acids is 1. The Hall–Kier alpha value is -1.10. The van der Waals surface area contributed by atoms with Crippen LogP contribution in [0.2, 0.25) is 0 Å². The van der Waals surface area contributed by atoms with Gasteiger partial charge in [-0.3, -0.25) is 4.79 Å². The van der Waals surface area contributed by atoms with Crippen LogP contribution in [0.1, 0.15) is 13.3 Å². The fourth-order valence-corrected chi connectivity index (χ4v) is 2.93. The molecule has 2 unspecified atom stereocenters. The van der Waals surface area contributed by atoms with Gasteiger partial charge in [0.2, 0.25) is 0 Å². The third-order valence-electron chi connectivity index (χ3n) is 3.92. The van der Waals surface area contributed by atoms with E-state index in [0.717, 1.165) is 6.42 Å². The highest BCUT2D eigenvalue weighted by Crippen LogP contribution is 2.45. The summed E-state index contributed by atoms with van der Waals surface area (Å²) in [5.41, 5.74) is 0. The van der Waals surface area contributed by atoms with Gasteiger partial charge >= 0.3 is 12.1 Å². The van der Waals surface area contributed by atoms with Crippen LogP contribution in [-0.2, 0) is 4.79 Å². The highest BCUT2D eigenvalue weighted by Gasteiger charge is 2.64. The van der Waals surface area contributed by atoms with Crippen molar-refractivity contribution in [2.45, 2.75) is 19.4 Å². The lowest BCUT2D eigenvalue weighted by molar-refractivity contribution is -0.913. The van der Waals surface area contributed by atoms with Gasteiger partial charge in [-0.2, -0.15) is 4.79 Å². The van der Waals surface area contributed by atoms with Gasteiger partial charge in [0.05, 0.1) is 13.0 Å². The van der Waals surface area contributed by atoms with E-state index in [4.69, 9.17) is 10.2 Å². The molecule has 2 rings (SSSR count). The molecule has 78 valence electrons. The molecule has 2 heterocycles. The van der Waals surface area contributed by atoms with E-state index in [1.165, 1.54) is 0 Å². The molecule has 2 N–H and O–H groups in total. The summed E-state index contributed by atoms with van der Waals surface area (Å²) in [7, 11) is 0. The SMILES string of the molecule is CC1C(C(=O)O)C[N@+]2(C(=O)O)CC[C@@H]12. The molecule has 0 saturated carbocycles. The highest BCUT2D eigenvalue weighted by molar-refractivity contribution is 5.72. The van der Waals surface area contributed by atoms with E-state index < -0.39 is 18.0 Å². The first-order valence-corrected chi connectivity index (χ1v) is 4.82.